The summed E-state index contributed by atoms with van der Waals surface area (Å²) in [6, 6.07) is 9.44. The Balaban J connectivity index is 0.00000204. The smallest absolute Gasteiger partial charge is 0.410 e. The molecule has 0 radical (unpaired) electrons. The molecule has 2 amide bonds. The average Bonchev–Trinajstić information content (AvgIpc) is 2.75. The molecule has 180 valence electrons. The Morgan fingerprint density at radius 3 is 2.31 bits per heavy atom. The molecular formula is C26H43N3O3. The van der Waals surface area contributed by atoms with Gasteiger partial charge in [-0.15, -0.1) is 0 Å². The van der Waals surface area contributed by atoms with E-state index in [2.05, 4.69) is 34.5 Å². The molecule has 3 aliphatic rings. The van der Waals surface area contributed by atoms with Crippen LogP contribution in [0.15, 0.2) is 24.3 Å². The summed E-state index contributed by atoms with van der Waals surface area (Å²) < 4.78 is 5.55. The molecule has 0 aromatic heterocycles. The topological polar surface area (TPSA) is 61.9 Å². The van der Waals surface area contributed by atoms with E-state index >= 15 is 0 Å². The summed E-state index contributed by atoms with van der Waals surface area (Å²) in [6.07, 6.45) is 6.36. The Kier molecular flexibility index (Phi) is 6.53. The second-order valence-electron chi connectivity index (χ2n) is 10.9. The van der Waals surface area contributed by atoms with Gasteiger partial charge in [-0.2, -0.15) is 0 Å². The first-order valence-corrected chi connectivity index (χ1v) is 12.3. The number of ether oxygens (including phenoxy) is 1. The normalized spacial score (nSPS) is 24.1. The predicted octanol–water partition coefficient (Wildman–Crippen LogP) is 4.88. The minimum Gasteiger partial charge on any atom is -0.444 e. The zero-order valence-corrected chi connectivity index (χ0v) is 20.2. The molecule has 1 N–H and O–H groups in total. The average molecular weight is 446 g/mol. The van der Waals surface area contributed by atoms with Gasteiger partial charge in [0.05, 0.1) is 6.04 Å². The maximum atomic E-state index is 12.4. The standard InChI is InChI=1S/C26H39N3O3.2H2/c1-19(30)27-23-9-12-26(22-8-6-5-7-21(22)23)13-17-28(18-14-26)20-10-15-29(16-11-20)24(31)32-25(2,3)4;;/h5-8,20,23H,9-18H2,1-4H3,(H,27,30);2*1H/t23-;;/m0../s1. The van der Waals surface area contributed by atoms with Crippen LogP contribution in [0.5, 0.6) is 0 Å². The summed E-state index contributed by atoms with van der Waals surface area (Å²) in [7, 11) is 0. The first-order valence-electron chi connectivity index (χ1n) is 12.3. The fourth-order valence-electron chi connectivity index (χ4n) is 5.97. The zero-order chi connectivity index (χ0) is 22.9. The van der Waals surface area contributed by atoms with E-state index in [4.69, 9.17) is 4.74 Å². The van der Waals surface area contributed by atoms with Crippen molar-refractivity contribution in [1.29, 1.82) is 0 Å². The second-order valence-corrected chi connectivity index (χ2v) is 10.9. The van der Waals surface area contributed by atoms with E-state index < -0.39 is 5.60 Å². The third kappa shape index (κ3) is 4.95. The van der Waals surface area contributed by atoms with Gasteiger partial charge in [0.25, 0.3) is 0 Å². The molecule has 6 heteroatoms. The third-order valence-corrected chi connectivity index (χ3v) is 7.58. The first-order chi connectivity index (χ1) is 15.2. The van der Waals surface area contributed by atoms with Crippen molar-refractivity contribution in [2.45, 2.75) is 89.3 Å². The van der Waals surface area contributed by atoms with Crippen molar-refractivity contribution < 1.29 is 17.2 Å². The minimum atomic E-state index is -0.440. The summed E-state index contributed by atoms with van der Waals surface area (Å²) in [6.45, 7) is 11.1. The number of hydrogen-bond acceptors (Lipinski definition) is 4. The number of amides is 2. The number of hydrogen-bond donors (Lipinski definition) is 1. The Morgan fingerprint density at radius 1 is 1.03 bits per heavy atom. The number of piperidine rings is 2. The van der Waals surface area contributed by atoms with Crippen LogP contribution in [0, 0.1) is 0 Å². The number of benzene rings is 1. The molecule has 32 heavy (non-hydrogen) atoms. The van der Waals surface area contributed by atoms with Crippen molar-refractivity contribution in [3.05, 3.63) is 35.4 Å². The van der Waals surface area contributed by atoms with E-state index in [-0.39, 0.29) is 26.3 Å². The van der Waals surface area contributed by atoms with Crippen LogP contribution < -0.4 is 5.32 Å². The number of carbonyl (C=O) groups excluding carboxylic acids is 2. The van der Waals surface area contributed by atoms with E-state index in [1.165, 1.54) is 24.0 Å². The molecule has 0 unspecified atom stereocenters. The molecule has 4 rings (SSSR count). The molecule has 6 nitrogen and oxygen atoms in total. The SMILES string of the molecule is CC(=O)N[C@H]1CCC2(CCN(C3CCN(C(=O)OC(C)(C)C)CC3)CC2)c2ccccc21.[HH].[HH]. The van der Waals surface area contributed by atoms with Gasteiger partial charge in [0, 0.05) is 28.9 Å². The zero-order valence-electron chi connectivity index (χ0n) is 20.2. The molecule has 1 spiro atoms. The maximum Gasteiger partial charge on any atom is 0.410 e. The van der Waals surface area contributed by atoms with Crippen LogP contribution in [0.2, 0.25) is 0 Å². The summed E-state index contributed by atoms with van der Waals surface area (Å²) >= 11 is 0. The fraction of sp³-hybridized carbons (Fsp3) is 0.692. The summed E-state index contributed by atoms with van der Waals surface area (Å²) in [5.41, 5.74) is 2.56. The molecule has 1 aromatic rings. The Labute approximate surface area is 195 Å². The lowest BCUT2D eigenvalue weighted by atomic mass is 9.63. The van der Waals surface area contributed by atoms with Crippen LogP contribution >= 0.6 is 0 Å². The van der Waals surface area contributed by atoms with Gasteiger partial charge in [0.15, 0.2) is 0 Å². The van der Waals surface area contributed by atoms with E-state index in [1.54, 1.807) is 6.92 Å². The van der Waals surface area contributed by atoms with Crippen LogP contribution in [0.1, 0.15) is 86.2 Å². The predicted molar refractivity (Wildman–Crippen MR) is 130 cm³/mol. The van der Waals surface area contributed by atoms with Gasteiger partial charge in [0.2, 0.25) is 5.91 Å². The van der Waals surface area contributed by atoms with Crippen molar-refractivity contribution in [2.24, 2.45) is 0 Å². The second kappa shape index (κ2) is 9.05. The van der Waals surface area contributed by atoms with Gasteiger partial charge < -0.3 is 19.9 Å². The van der Waals surface area contributed by atoms with Gasteiger partial charge >= 0.3 is 6.09 Å². The van der Waals surface area contributed by atoms with Crippen molar-refractivity contribution in [1.82, 2.24) is 15.1 Å². The Bertz CT molecular complexity index is 842. The van der Waals surface area contributed by atoms with E-state index in [9.17, 15) is 9.59 Å². The van der Waals surface area contributed by atoms with Crippen LogP contribution in [-0.2, 0) is 14.9 Å². The number of carbonyl (C=O) groups is 2. The highest BCUT2D eigenvalue weighted by molar-refractivity contribution is 5.73. The van der Waals surface area contributed by atoms with E-state index in [0.717, 1.165) is 51.9 Å². The fourth-order valence-corrected chi connectivity index (χ4v) is 5.97. The molecule has 2 aliphatic heterocycles. The van der Waals surface area contributed by atoms with Crippen LogP contribution in [0.3, 0.4) is 0 Å². The monoisotopic (exact) mass is 445 g/mol. The number of nitrogens with one attached hydrogen (secondary N) is 1. The Morgan fingerprint density at radius 2 is 1.69 bits per heavy atom. The van der Waals surface area contributed by atoms with Crippen molar-refractivity contribution in [3.8, 4) is 0 Å². The lowest BCUT2D eigenvalue weighted by Gasteiger charge is -2.49. The summed E-state index contributed by atoms with van der Waals surface area (Å²) in [4.78, 5) is 28.6. The van der Waals surface area contributed by atoms with Crippen LogP contribution in [0.25, 0.3) is 0 Å². The lowest BCUT2D eigenvalue weighted by molar-refractivity contribution is -0.119. The van der Waals surface area contributed by atoms with Crippen LogP contribution in [-0.4, -0.2) is 59.6 Å². The van der Waals surface area contributed by atoms with Gasteiger partial charge in [-0.25, -0.2) is 4.79 Å². The number of fused-ring (bicyclic) bond motifs is 2. The molecular weight excluding hydrogens is 402 g/mol. The Hall–Kier alpha value is -2.08. The minimum absolute atomic E-state index is 0. The van der Waals surface area contributed by atoms with Crippen molar-refractivity contribution >= 4 is 12.0 Å². The molecule has 1 aromatic carbocycles. The van der Waals surface area contributed by atoms with Gasteiger partial charge in [-0.1, -0.05) is 24.3 Å². The van der Waals surface area contributed by atoms with E-state index in [1.807, 2.05) is 25.7 Å². The molecule has 2 heterocycles. The first kappa shape index (κ1) is 23.1. The summed E-state index contributed by atoms with van der Waals surface area (Å²) in [5, 5.41) is 3.16. The van der Waals surface area contributed by atoms with Crippen molar-refractivity contribution in [2.75, 3.05) is 26.2 Å². The molecule has 2 saturated heterocycles. The molecule has 1 aliphatic carbocycles. The van der Waals surface area contributed by atoms with Gasteiger partial charge in [-0.3, -0.25) is 4.79 Å². The largest absolute Gasteiger partial charge is 0.444 e. The lowest BCUT2D eigenvalue weighted by Crippen LogP contribution is -2.52. The molecule has 2 fully saturated rings. The number of nitrogens with zero attached hydrogens (tertiary/aromatic N) is 2. The maximum absolute atomic E-state index is 12.4. The van der Waals surface area contributed by atoms with E-state index in [0.29, 0.717) is 6.04 Å². The van der Waals surface area contributed by atoms with Crippen molar-refractivity contribution in [3.63, 3.8) is 0 Å². The molecule has 0 saturated carbocycles. The quantitative estimate of drug-likeness (QED) is 0.705. The van der Waals surface area contributed by atoms with Gasteiger partial charge in [0.1, 0.15) is 5.60 Å². The van der Waals surface area contributed by atoms with Gasteiger partial charge in [-0.05, 0) is 88.9 Å². The third-order valence-electron chi connectivity index (χ3n) is 7.58. The highest BCUT2D eigenvalue weighted by Crippen LogP contribution is 2.48. The number of likely N-dealkylation sites (tertiary alicyclic amines) is 2. The molecule has 1 atom stereocenters. The highest BCUT2D eigenvalue weighted by atomic mass is 16.6. The summed E-state index contributed by atoms with van der Waals surface area (Å²) in [5.74, 6) is 0.0493. The molecule has 0 bridgehead atoms. The highest BCUT2D eigenvalue weighted by Gasteiger charge is 2.43. The van der Waals surface area contributed by atoms with Crippen LogP contribution in [0.4, 0.5) is 4.79 Å². The number of rotatable bonds is 2.